The molecule has 1 N–H and O–H groups in total. The molecule has 0 atom stereocenters. The number of rotatable bonds is 9. The largest absolute Gasteiger partial charge is 0.492 e. The van der Waals surface area contributed by atoms with Gasteiger partial charge in [0.1, 0.15) is 12.4 Å². The summed E-state index contributed by atoms with van der Waals surface area (Å²) >= 11 is 0. The van der Waals surface area contributed by atoms with Gasteiger partial charge in [0.25, 0.3) is 0 Å². The number of ether oxygens (including phenoxy) is 1. The predicted molar refractivity (Wildman–Crippen MR) is 129 cm³/mol. The van der Waals surface area contributed by atoms with E-state index in [0.717, 1.165) is 36.2 Å². The normalized spacial score (nSPS) is 15.0. The van der Waals surface area contributed by atoms with Crippen LogP contribution in [0.3, 0.4) is 0 Å². The van der Waals surface area contributed by atoms with Crippen LogP contribution in [0.1, 0.15) is 6.42 Å². The maximum absolute atomic E-state index is 12.6. The second-order valence-electron chi connectivity index (χ2n) is 8.04. The molecule has 0 radical (unpaired) electrons. The highest BCUT2D eigenvalue weighted by Crippen LogP contribution is 2.19. The van der Waals surface area contributed by atoms with E-state index in [-0.39, 0.29) is 23.8 Å². The summed E-state index contributed by atoms with van der Waals surface area (Å²) in [6.07, 6.45) is 0.143. The van der Waals surface area contributed by atoms with Gasteiger partial charge in [0.2, 0.25) is 15.9 Å². The monoisotopic (exact) mass is 467 g/mol. The number of amides is 1. The third kappa shape index (κ3) is 6.31. The van der Waals surface area contributed by atoms with Crippen molar-refractivity contribution in [2.45, 2.75) is 11.3 Å². The van der Waals surface area contributed by atoms with Crippen LogP contribution in [0, 0.1) is 0 Å². The topological polar surface area (TPSA) is 79.0 Å². The van der Waals surface area contributed by atoms with E-state index < -0.39 is 10.0 Å². The fourth-order valence-corrected chi connectivity index (χ4v) is 4.97. The second-order valence-corrected chi connectivity index (χ2v) is 9.81. The first-order chi connectivity index (χ1) is 16.0. The van der Waals surface area contributed by atoms with Crippen LogP contribution in [0.2, 0.25) is 0 Å². The highest BCUT2D eigenvalue weighted by atomic mass is 32.2. The number of nitrogens with zero attached hydrogens (tertiary/aromatic N) is 2. The molecule has 0 aromatic heterocycles. The number of nitrogens with one attached hydrogen (secondary N) is 1. The summed E-state index contributed by atoms with van der Waals surface area (Å²) in [5, 5.41) is 1.85. The molecule has 1 fully saturated rings. The number of piperazine rings is 1. The summed E-state index contributed by atoms with van der Waals surface area (Å²) < 4.78 is 33.6. The fraction of sp³-hybridized carbons (Fsp3) is 0.320. The van der Waals surface area contributed by atoms with E-state index in [2.05, 4.69) is 9.62 Å². The lowest BCUT2D eigenvalue weighted by Crippen LogP contribution is -2.50. The van der Waals surface area contributed by atoms with E-state index in [1.807, 2.05) is 54.6 Å². The zero-order valence-corrected chi connectivity index (χ0v) is 19.3. The minimum absolute atomic E-state index is 0.0311. The number of carbonyl (C=O) groups excluding carboxylic acids is 1. The van der Waals surface area contributed by atoms with Gasteiger partial charge in [-0.15, -0.1) is 0 Å². The Hall–Kier alpha value is -2.94. The number of para-hydroxylation sites is 1. The molecule has 3 aromatic rings. The molecule has 1 saturated heterocycles. The van der Waals surface area contributed by atoms with E-state index in [1.54, 1.807) is 23.1 Å². The number of hydrogen-bond donors (Lipinski definition) is 1. The van der Waals surface area contributed by atoms with Crippen molar-refractivity contribution in [3.63, 3.8) is 0 Å². The molecule has 8 heteroatoms. The van der Waals surface area contributed by atoms with Crippen molar-refractivity contribution in [1.29, 1.82) is 0 Å². The van der Waals surface area contributed by atoms with Gasteiger partial charge in [-0.3, -0.25) is 9.69 Å². The first-order valence-corrected chi connectivity index (χ1v) is 12.7. The summed E-state index contributed by atoms with van der Waals surface area (Å²) in [6.45, 7) is 4.35. The molecule has 174 valence electrons. The third-order valence-electron chi connectivity index (χ3n) is 5.81. The van der Waals surface area contributed by atoms with Crippen molar-refractivity contribution in [2.75, 3.05) is 45.9 Å². The zero-order valence-electron chi connectivity index (χ0n) is 18.5. The Labute approximate surface area is 195 Å². The molecule has 0 aliphatic carbocycles. The van der Waals surface area contributed by atoms with Crippen LogP contribution < -0.4 is 9.46 Å². The molecule has 1 aliphatic heterocycles. The standard InChI is InChI=1S/C25H29N3O4S/c29-25(28-16-14-27(15-17-28)18-19-32-23-8-2-1-3-9-23)12-13-26-33(30,31)24-11-10-21-6-4-5-7-22(21)20-24/h1-11,20,26H,12-19H2. The van der Waals surface area contributed by atoms with Crippen LogP contribution >= 0.6 is 0 Å². The molecule has 0 spiro atoms. The molecule has 1 aliphatic rings. The highest BCUT2D eigenvalue weighted by molar-refractivity contribution is 7.89. The van der Waals surface area contributed by atoms with Crippen molar-refractivity contribution in [3.05, 3.63) is 72.8 Å². The van der Waals surface area contributed by atoms with Crippen molar-refractivity contribution in [3.8, 4) is 5.75 Å². The molecule has 0 saturated carbocycles. The lowest BCUT2D eigenvalue weighted by atomic mass is 10.1. The summed E-state index contributed by atoms with van der Waals surface area (Å²) in [7, 11) is -3.66. The zero-order chi connectivity index (χ0) is 23.1. The Morgan fingerprint density at radius 2 is 1.58 bits per heavy atom. The van der Waals surface area contributed by atoms with Crippen molar-refractivity contribution < 1.29 is 17.9 Å². The minimum atomic E-state index is -3.66. The smallest absolute Gasteiger partial charge is 0.240 e. The first kappa shape index (κ1) is 23.2. The van der Waals surface area contributed by atoms with Crippen molar-refractivity contribution >= 4 is 26.7 Å². The van der Waals surface area contributed by atoms with Crippen molar-refractivity contribution in [2.24, 2.45) is 0 Å². The quantitative estimate of drug-likeness (QED) is 0.524. The van der Waals surface area contributed by atoms with E-state index in [0.29, 0.717) is 19.7 Å². The van der Waals surface area contributed by atoms with Gasteiger partial charge in [-0.2, -0.15) is 0 Å². The SMILES string of the molecule is O=C(CCNS(=O)(=O)c1ccc2ccccc2c1)N1CCN(CCOc2ccccc2)CC1. The molecule has 33 heavy (non-hydrogen) atoms. The number of benzene rings is 3. The Morgan fingerprint density at radius 1 is 0.879 bits per heavy atom. The lowest BCUT2D eigenvalue weighted by Gasteiger charge is -2.34. The number of hydrogen-bond acceptors (Lipinski definition) is 5. The molecule has 0 unspecified atom stereocenters. The molecule has 3 aromatic carbocycles. The van der Waals surface area contributed by atoms with Crippen LogP contribution in [0.15, 0.2) is 77.7 Å². The molecular weight excluding hydrogens is 438 g/mol. The molecule has 1 amide bonds. The third-order valence-corrected chi connectivity index (χ3v) is 7.27. The maximum atomic E-state index is 12.6. The number of fused-ring (bicyclic) bond motifs is 1. The lowest BCUT2D eigenvalue weighted by molar-refractivity contribution is -0.132. The van der Waals surface area contributed by atoms with Crippen LogP contribution in [-0.2, 0) is 14.8 Å². The van der Waals surface area contributed by atoms with Crippen LogP contribution in [0.4, 0.5) is 0 Å². The summed E-state index contributed by atoms with van der Waals surface area (Å²) in [4.78, 5) is 16.8. The predicted octanol–water partition coefficient (Wildman–Crippen LogP) is 2.73. The van der Waals surface area contributed by atoms with E-state index in [4.69, 9.17) is 4.74 Å². The van der Waals surface area contributed by atoms with Crippen LogP contribution in [-0.4, -0.2) is 70.0 Å². The van der Waals surface area contributed by atoms with E-state index in [9.17, 15) is 13.2 Å². The average molecular weight is 468 g/mol. The Kier molecular flexibility index (Phi) is 7.59. The Balaban J connectivity index is 1.18. The molecule has 4 rings (SSSR count). The number of carbonyl (C=O) groups is 1. The van der Waals surface area contributed by atoms with Crippen molar-refractivity contribution in [1.82, 2.24) is 14.5 Å². The van der Waals surface area contributed by atoms with Gasteiger partial charge >= 0.3 is 0 Å². The molecule has 0 bridgehead atoms. The molecule has 7 nitrogen and oxygen atoms in total. The van der Waals surface area contributed by atoms with Gasteiger partial charge in [0.05, 0.1) is 4.90 Å². The first-order valence-electron chi connectivity index (χ1n) is 11.2. The molecular formula is C25H29N3O4S. The minimum Gasteiger partial charge on any atom is -0.492 e. The average Bonchev–Trinajstić information content (AvgIpc) is 2.84. The van der Waals surface area contributed by atoms with Crippen LogP contribution in [0.25, 0.3) is 10.8 Å². The Morgan fingerprint density at radius 3 is 2.33 bits per heavy atom. The number of sulfonamides is 1. The van der Waals surface area contributed by atoms with E-state index in [1.165, 1.54) is 0 Å². The van der Waals surface area contributed by atoms with E-state index >= 15 is 0 Å². The fourth-order valence-electron chi connectivity index (χ4n) is 3.90. The maximum Gasteiger partial charge on any atom is 0.240 e. The Bertz CT molecular complexity index is 1180. The summed E-state index contributed by atoms with van der Waals surface area (Å²) in [6, 6.07) is 22.4. The van der Waals surface area contributed by atoms with Gasteiger partial charge in [-0.25, -0.2) is 13.1 Å². The van der Waals surface area contributed by atoms with Gasteiger partial charge < -0.3 is 9.64 Å². The second kappa shape index (κ2) is 10.8. The van der Waals surface area contributed by atoms with Crippen LogP contribution in [0.5, 0.6) is 5.75 Å². The van der Waals surface area contributed by atoms with Gasteiger partial charge in [0, 0.05) is 45.7 Å². The van der Waals surface area contributed by atoms with Gasteiger partial charge in [0.15, 0.2) is 0 Å². The van der Waals surface area contributed by atoms with Gasteiger partial charge in [-0.1, -0.05) is 48.5 Å². The molecule has 1 heterocycles. The van der Waals surface area contributed by atoms with Gasteiger partial charge in [-0.05, 0) is 35.0 Å². The highest BCUT2D eigenvalue weighted by Gasteiger charge is 2.21. The summed E-state index contributed by atoms with van der Waals surface area (Å²) in [5.41, 5.74) is 0. The summed E-state index contributed by atoms with van der Waals surface area (Å²) in [5.74, 6) is 0.828.